The minimum Gasteiger partial charge on any atom is -0.363 e. The van der Waals surface area contributed by atoms with Crippen molar-refractivity contribution in [3.05, 3.63) is 18.0 Å². The van der Waals surface area contributed by atoms with E-state index < -0.39 is 22.6 Å². The van der Waals surface area contributed by atoms with Crippen molar-refractivity contribution in [1.29, 1.82) is 0 Å². The lowest BCUT2D eigenvalue weighted by Gasteiger charge is -2.07. The molecule has 1 aromatic rings. The summed E-state index contributed by atoms with van der Waals surface area (Å²) in [5.74, 6) is 0. The van der Waals surface area contributed by atoms with Crippen LogP contribution >= 0.6 is 0 Å². The third-order valence-corrected chi connectivity index (χ3v) is 4.14. The Balaban J connectivity index is 2.47. The van der Waals surface area contributed by atoms with Crippen LogP contribution in [0, 0.1) is 0 Å². The quantitative estimate of drug-likeness (QED) is 0.608. The molecular weight excluding hydrogens is 307 g/mol. The fraction of sp³-hybridized carbons (Fsp3) is 0.667. The van der Waals surface area contributed by atoms with E-state index in [1.54, 1.807) is 0 Å². The predicted octanol–water partition coefficient (Wildman–Crippen LogP) is 2.14. The van der Waals surface area contributed by atoms with E-state index in [9.17, 15) is 21.6 Å². The van der Waals surface area contributed by atoms with Crippen LogP contribution in [0.25, 0.3) is 0 Å². The van der Waals surface area contributed by atoms with Gasteiger partial charge >= 0.3 is 6.18 Å². The first-order valence-corrected chi connectivity index (χ1v) is 8.17. The number of hydrogen-bond acceptors (Lipinski definition) is 3. The average Bonchev–Trinajstić information content (AvgIpc) is 2.84. The van der Waals surface area contributed by atoms with Gasteiger partial charge in [-0.25, -0.2) is 13.1 Å². The minimum absolute atomic E-state index is 0.0304. The Morgan fingerprint density at radius 3 is 2.62 bits per heavy atom. The molecule has 1 heterocycles. The van der Waals surface area contributed by atoms with Gasteiger partial charge in [-0.1, -0.05) is 6.92 Å². The van der Waals surface area contributed by atoms with Crippen LogP contribution in [0.3, 0.4) is 0 Å². The van der Waals surface area contributed by atoms with Crippen molar-refractivity contribution in [2.24, 2.45) is 0 Å². The number of aromatic amines is 1. The van der Waals surface area contributed by atoms with Crippen LogP contribution < -0.4 is 10.0 Å². The van der Waals surface area contributed by atoms with E-state index in [0.717, 1.165) is 13.0 Å². The van der Waals surface area contributed by atoms with Gasteiger partial charge in [0.05, 0.1) is 4.90 Å². The van der Waals surface area contributed by atoms with Gasteiger partial charge in [-0.3, -0.25) is 0 Å². The molecule has 1 aromatic heterocycles. The number of H-pyrrole nitrogens is 1. The normalized spacial score (nSPS) is 12.8. The Hall–Kier alpha value is -1.06. The minimum atomic E-state index is -4.27. The third kappa shape index (κ3) is 6.96. The smallest absolute Gasteiger partial charge is 0.363 e. The molecule has 0 saturated heterocycles. The van der Waals surface area contributed by atoms with Gasteiger partial charge in [0.25, 0.3) is 0 Å². The van der Waals surface area contributed by atoms with Crippen LogP contribution in [-0.4, -0.2) is 32.7 Å². The zero-order valence-corrected chi connectivity index (χ0v) is 12.6. The molecule has 9 heteroatoms. The third-order valence-electron chi connectivity index (χ3n) is 2.70. The van der Waals surface area contributed by atoms with Crippen LogP contribution in [0.1, 0.15) is 31.9 Å². The van der Waals surface area contributed by atoms with Crippen LogP contribution in [0.4, 0.5) is 13.2 Å². The molecule has 0 unspecified atom stereocenters. The molecule has 0 aromatic carbocycles. The van der Waals surface area contributed by atoms with E-state index in [-0.39, 0.29) is 17.9 Å². The van der Waals surface area contributed by atoms with Crippen LogP contribution in [-0.2, 0) is 16.6 Å². The van der Waals surface area contributed by atoms with Crippen molar-refractivity contribution >= 4 is 10.0 Å². The summed E-state index contributed by atoms with van der Waals surface area (Å²) < 4.78 is 61.8. The Labute approximate surface area is 122 Å². The van der Waals surface area contributed by atoms with Gasteiger partial charge in [-0.2, -0.15) is 13.2 Å². The Kier molecular flexibility index (Phi) is 6.69. The van der Waals surface area contributed by atoms with Crippen molar-refractivity contribution in [3.8, 4) is 0 Å². The molecule has 0 fully saturated rings. The summed E-state index contributed by atoms with van der Waals surface area (Å²) in [5.41, 5.74) is 0.708. The average molecular weight is 327 g/mol. The van der Waals surface area contributed by atoms with E-state index in [4.69, 9.17) is 0 Å². The van der Waals surface area contributed by atoms with Crippen molar-refractivity contribution in [1.82, 2.24) is 15.0 Å². The molecule has 0 bridgehead atoms. The summed E-state index contributed by atoms with van der Waals surface area (Å²) in [7, 11) is -3.76. The fourth-order valence-corrected chi connectivity index (χ4v) is 2.75. The summed E-state index contributed by atoms with van der Waals surface area (Å²) in [4.78, 5) is 2.85. The van der Waals surface area contributed by atoms with Gasteiger partial charge < -0.3 is 10.3 Å². The van der Waals surface area contributed by atoms with E-state index in [0.29, 0.717) is 12.2 Å². The molecule has 0 atom stereocenters. The lowest BCUT2D eigenvalue weighted by molar-refractivity contribution is -0.135. The number of aromatic nitrogens is 1. The van der Waals surface area contributed by atoms with Gasteiger partial charge in [0.15, 0.2) is 0 Å². The number of hydrogen-bond donors (Lipinski definition) is 3. The SMILES string of the molecule is CCCNCc1cc(S(=O)(=O)NCCCC(F)(F)F)c[nH]1. The lowest BCUT2D eigenvalue weighted by Crippen LogP contribution is -2.25. The zero-order chi connectivity index (χ0) is 15.9. The van der Waals surface area contributed by atoms with E-state index >= 15 is 0 Å². The number of rotatable bonds is 9. The Bertz CT molecular complexity index is 526. The summed E-state index contributed by atoms with van der Waals surface area (Å²) >= 11 is 0. The predicted molar refractivity (Wildman–Crippen MR) is 73.3 cm³/mol. The van der Waals surface area contributed by atoms with Crippen molar-refractivity contribution in [2.75, 3.05) is 13.1 Å². The number of halogens is 3. The van der Waals surface area contributed by atoms with Crippen molar-refractivity contribution in [3.63, 3.8) is 0 Å². The van der Waals surface area contributed by atoms with Gasteiger partial charge in [-0.15, -0.1) is 0 Å². The molecule has 3 N–H and O–H groups in total. The summed E-state index contributed by atoms with van der Waals surface area (Å²) in [6, 6.07) is 1.47. The lowest BCUT2D eigenvalue weighted by atomic mass is 10.3. The molecule has 0 aliphatic heterocycles. The molecule has 122 valence electrons. The van der Waals surface area contributed by atoms with Crippen molar-refractivity contribution in [2.45, 2.75) is 43.8 Å². The van der Waals surface area contributed by atoms with Gasteiger partial charge in [0.2, 0.25) is 10.0 Å². The van der Waals surface area contributed by atoms with Crippen LogP contribution in [0.5, 0.6) is 0 Å². The number of sulfonamides is 1. The Morgan fingerprint density at radius 1 is 1.29 bits per heavy atom. The molecule has 1 rings (SSSR count). The maximum Gasteiger partial charge on any atom is 0.389 e. The molecule has 0 amide bonds. The molecule has 0 saturated carbocycles. The fourth-order valence-electron chi connectivity index (χ4n) is 1.65. The topological polar surface area (TPSA) is 74.0 Å². The first-order chi connectivity index (χ1) is 9.74. The number of nitrogens with one attached hydrogen (secondary N) is 3. The van der Waals surface area contributed by atoms with Crippen molar-refractivity contribution < 1.29 is 21.6 Å². The monoisotopic (exact) mass is 327 g/mol. The second kappa shape index (κ2) is 7.81. The highest BCUT2D eigenvalue weighted by molar-refractivity contribution is 7.89. The maximum absolute atomic E-state index is 12.0. The van der Waals surface area contributed by atoms with E-state index in [2.05, 4.69) is 15.0 Å². The first-order valence-electron chi connectivity index (χ1n) is 6.69. The Morgan fingerprint density at radius 2 is 2.00 bits per heavy atom. The summed E-state index contributed by atoms with van der Waals surface area (Å²) in [5, 5.41) is 3.11. The number of alkyl halides is 3. The van der Waals surface area contributed by atoms with Crippen LogP contribution in [0.15, 0.2) is 17.2 Å². The van der Waals surface area contributed by atoms with Crippen LogP contribution in [0.2, 0.25) is 0 Å². The van der Waals surface area contributed by atoms with Gasteiger partial charge in [0.1, 0.15) is 0 Å². The van der Waals surface area contributed by atoms with Gasteiger partial charge in [0, 0.05) is 31.4 Å². The second-order valence-electron chi connectivity index (χ2n) is 4.65. The highest BCUT2D eigenvalue weighted by atomic mass is 32.2. The highest BCUT2D eigenvalue weighted by Crippen LogP contribution is 2.21. The molecule has 0 aliphatic rings. The largest absolute Gasteiger partial charge is 0.389 e. The van der Waals surface area contributed by atoms with E-state index in [1.165, 1.54) is 12.3 Å². The molecular formula is C12H20F3N3O2S. The summed E-state index contributed by atoms with van der Waals surface area (Å²) in [6.45, 7) is 3.10. The summed E-state index contributed by atoms with van der Waals surface area (Å²) in [6.07, 6.45) is -3.26. The first kappa shape index (κ1) is 18.0. The van der Waals surface area contributed by atoms with Gasteiger partial charge in [-0.05, 0) is 25.5 Å². The zero-order valence-electron chi connectivity index (χ0n) is 11.8. The maximum atomic E-state index is 12.0. The second-order valence-corrected chi connectivity index (χ2v) is 6.42. The molecule has 5 nitrogen and oxygen atoms in total. The molecule has 0 spiro atoms. The standard InChI is InChI=1S/C12H20F3N3O2S/c1-2-5-16-8-10-7-11(9-17-10)21(19,20)18-6-3-4-12(13,14)15/h7,9,16-18H,2-6,8H2,1H3. The highest BCUT2D eigenvalue weighted by Gasteiger charge is 2.26. The van der Waals surface area contributed by atoms with E-state index in [1.807, 2.05) is 6.92 Å². The molecule has 21 heavy (non-hydrogen) atoms. The molecule has 0 aliphatic carbocycles. The molecule has 0 radical (unpaired) electrons.